The van der Waals surface area contributed by atoms with Gasteiger partial charge in [0.1, 0.15) is 0 Å². The van der Waals surface area contributed by atoms with E-state index < -0.39 is 0 Å². The summed E-state index contributed by atoms with van der Waals surface area (Å²) >= 11 is 0. The zero-order valence-corrected chi connectivity index (χ0v) is 10.1. The van der Waals surface area contributed by atoms with E-state index in [-0.39, 0.29) is 0 Å². The van der Waals surface area contributed by atoms with E-state index in [9.17, 15) is 0 Å². The van der Waals surface area contributed by atoms with Crippen LogP contribution in [0.3, 0.4) is 0 Å². The molecule has 0 saturated heterocycles. The van der Waals surface area contributed by atoms with Crippen molar-refractivity contribution in [2.24, 2.45) is 17.8 Å². The highest BCUT2D eigenvalue weighted by molar-refractivity contribution is 4.71. The second-order valence-electron chi connectivity index (χ2n) is 4.77. The van der Waals surface area contributed by atoms with Gasteiger partial charge in [0.25, 0.3) is 0 Å². The lowest BCUT2D eigenvalue weighted by atomic mass is 9.88. The molecule has 0 N–H and O–H groups in total. The average Bonchev–Trinajstić information content (AvgIpc) is 1.97. The Bertz CT molecular complexity index is 118. The van der Waals surface area contributed by atoms with Gasteiger partial charge in [0.2, 0.25) is 0 Å². The summed E-state index contributed by atoms with van der Waals surface area (Å²) in [5.74, 6) is 2.09. The van der Waals surface area contributed by atoms with Crippen molar-refractivity contribution in [3.05, 3.63) is 0 Å². The second kappa shape index (κ2) is 6.42. The van der Waals surface area contributed by atoms with Crippen LogP contribution < -0.4 is 0 Å². The van der Waals surface area contributed by atoms with E-state index in [4.69, 9.17) is 4.74 Å². The first-order valence-electron chi connectivity index (χ1n) is 5.60. The standard InChI is InChI=1S/C12H26O/c1-7-13-12(10(4)5)11(6)8-9(2)3/h9-12H,7-8H2,1-6H3/t11-,12+/m1/s1. The van der Waals surface area contributed by atoms with Crippen molar-refractivity contribution >= 4 is 0 Å². The first kappa shape index (κ1) is 13.0. The fourth-order valence-electron chi connectivity index (χ4n) is 2.08. The van der Waals surface area contributed by atoms with Gasteiger partial charge in [-0.1, -0.05) is 34.6 Å². The molecule has 0 aromatic heterocycles. The van der Waals surface area contributed by atoms with Crippen molar-refractivity contribution in [1.82, 2.24) is 0 Å². The lowest BCUT2D eigenvalue weighted by Crippen LogP contribution is -2.28. The molecule has 0 aliphatic rings. The first-order valence-corrected chi connectivity index (χ1v) is 5.60. The molecule has 0 fully saturated rings. The van der Waals surface area contributed by atoms with Crippen LogP contribution in [-0.2, 0) is 4.74 Å². The Morgan fingerprint density at radius 2 is 1.54 bits per heavy atom. The van der Waals surface area contributed by atoms with Crippen molar-refractivity contribution in [3.8, 4) is 0 Å². The summed E-state index contributed by atoms with van der Waals surface area (Å²) in [5.41, 5.74) is 0. The Morgan fingerprint density at radius 1 is 1.00 bits per heavy atom. The van der Waals surface area contributed by atoms with Gasteiger partial charge < -0.3 is 4.74 Å². The molecule has 13 heavy (non-hydrogen) atoms. The van der Waals surface area contributed by atoms with Gasteiger partial charge in [0, 0.05) is 6.61 Å². The van der Waals surface area contributed by atoms with Crippen molar-refractivity contribution in [3.63, 3.8) is 0 Å². The normalized spacial score (nSPS) is 16.6. The summed E-state index contributed by atoms with van der Waals surface area (Å²) in [6.45, 7) is 14.3. The molecule has 0 bridgehead atoms. The van der Waals surface area contributed by atoms with E-state index in [1.807, 2.05) is 0 Å². The number of ether oxygens (including phenoxy) is 1. The van der Waals surface area contributed by atoms with E-state index in [1.54, 1.807) is 0 Å². The maximum absolute atomic E-state index is 5.77. The molecule has 1 nitrogen and oxygen atoms in total. The summed E-state index contributed by atoms with van der Waals surface area (Å²) in [6, 6.07) is 0. The van der Waals surface area contributed by atoms with E-state index in [0.29, 0.717) is 17.9 Å². The summed E-state index contributed by atoms with van der Waals surface area (Å²) in [5, 5.41) is 0. The van der Waals surface area contributed by atoms with Crippen molar-refractivity contribution in [1.29, 1.82) is 0 Å². The van der Waals surface area contributed by atoms with Crippen molar-refractivity contribution < 1.29 is 4.74 Å². The fraction of sp³-hybridized carbons (Fsp3) is 1.00. The van der Waals surface area contributed by atoms with Gasteiger partial charge in [-0.2, -0.15) is 0 Å². The molecule has 0 aliphatic carbocycles. The highest BCUT2D eigenvalue weighted by Crippen LogP contribution is 2.22. The van der Waals surface area contributed by atoms with Gasteiger partial charge in [-0.3, -0.25) is 0 Å². The molecule has 80 valence electrons. The van der Waals surface area contributed by atoms with Crippen LogP contribution in [0.25, 0.3) is 0 Å². The molecule has 1 heteroatoms. The minimum absolute atomic E-state index is 0.437. The van der Waals surface area contributed by atoms with Crippen LogP contribution >= 0.6 is 0 Å². The van der Waals surface area contributed by atoms with Gasteiger partial charge in [-0.05, 0) is 31.1 Å². The monoisotopic (exact) mass is 186 g/mol. The molecule has 0 aliphatic heterocycles. The quantitative estimate of drug-likeness (QED) is 0.614. The Hall–Kier alpha value is -0.0400. The predicted molar refractivity (Wildman–Crippen MR) is 58.9 cm³/mol. The first-order chi connectivity index (χ1) is 5.99. The third kappa shape index (κ3) is 5.30. The minimum Gasteiger partial charge on any atom is -0.378 e. The zero-order chi connectivity index (χ0) is 10.4. The van der Waals surface area contributed by atoms with Crippen molar-refractivity contribution in [2.45, 2.75) is 54.1 Å². The van der Waals surface area contributed by atoms with Crippen LogP contribution in [0.5, 0.6) is 0 Å². The highest BCUT2D eigenvalue weighted by Gasteiger charge is 2.21. The second-order valence-corrected chi connectivity index (χ2v) is 4.77. The zero-order valence-electron chi connectivity index (χ0n) is 10.1. The molecule has 0 amide bonds. The smallest absolute Gasteiger partial charge is 0.0623 e. The van der Waals surface area contributed by atoms with Crippen LogP contribution in [0.2, 0.25) is 0 Å². The van der Waals surface area contributed by atoms with E-state index in [0.717, 1.165) is 12.5 Å². The van der Waals surface area contributed by atoms with E-state index >= 15 is 0 Å². The molecule has 0 radical (unpaired) electrons. The average molecular weight is 186 g/mol. The lowest BCUT2D eigenvalue weighted by molar-refractivity contribution is -0.0115. The minimum atomic E-state index is 0.437. The molecule has 0 unspecified atom stereocenters. The summed E-state index contributed by atoms with van der Waals surface area (Å²) in [4.78, 5) is 0. The lowest BCUT2D eigenvalue weighted by Gasteiger charge is -2.28. The van der Waals surface area contributed by atoms with Gasteiger partial charge >= 0.3 is 0 Å². The predicted octanol–water partition coefficient (Wildman–Crippen LogP) is 3.73. The molecule has 0 aromatic rings. The Labute approximate surface area is 83.9 Å². The maximum atomic E-state index is 5.77. The van der Waals surface area contributed by atoms with Crippen LogP contribution in [0.1, 0.15) is 48.0 Å². The Morgan fingerprint density at radius 3 is 1.85 bits per heavy atom. The SMILES string of the molecule is CCO[C@@H](C(C)C)[C@H](C)CC(C)C. The molecular formula is C12H26O. The summed E-state index contributed by atoms with van der Waals surface area (Å²) in [7, 11) is 0. The van der Waals surface area contributed by atoms with E-state index in [2.05, 4.69) is 41.5 Å². The summed E-state index contributed by atoms with van der Waals surface area (Å²) < 4.78 is 5.77. The molecule has 0 aromatic carbocycles. The fourth-order valence-corrected chi connectivity index (χ4v) is 2.08. The van der Waals surface area contributed by atoms with Gasteiger partial charge in [0.05, 0.1) is 6.10 Å². The molecule has 0 heterocycles. The van der Waals surface area contributed by atoms with E-state index in [1.165, 1.54) is 6.42 Å². The highest BCUT2D eigenvalue weighted by atomic mass is 16.5. The van der Waals surface area contributed by atoms with Gasteiger partial charge in [0.15, 0.2) is 0 Å². The third-order valence-corrected chi connectivity index (χ3v) is 2.42. The van der Waals surface area contributed by atoms with Gasteiger partial charge in [-0.15, -0.1) is 0 Å². The third-order valence-electron chi connectivity index (χ3n) is 2.42. The molecule has 0 spiro atoms. The van der Waals surface area contributed by atoms with Crippen LogP contribution in [0.15, 0.2) is 0 Å². The molecular weight excluding hydrogens is 160 g/mol. The van der Waals surface area contributed by atoms with Crippen LogP contribution in [0.4, 0.5) is 0 Å². The van der Waals surface area contributed by atoms with Crippen molar-refractivity contribution in [2.75, 3.05) is 6.61 Å². The molecule has 0 rings (SSSR count). The maximum Gasteiger partial charge on any atom is 0.0623 e. The van der Waals surface area contributed by atoms with Crippen LogP contribution in [0, 0.1) is 17.8 Å². The topological polar surface area (TPSA) is 9.23 Å². The molecule has 2 atom stereocenters. The van der Waals surface area contributed by atoms with Gasteiger partial charge in [-0.25, -0.2) is 0 Å². The number of hydrogen-bond acceptors (Lipinski definition) is 1. The number of rotatable bonds is 6. The number of hydrogen-bond donors (Lipinski definition) is 0. The molecule has 0 saturated carbocycles. The largest absolute Gasteiger partial charge is 0.378 e. The Balaban J connectivity index is 4.02. The Kier molecular flexibility index (Phi) is 6.40. The summed E-state index contributed by atoms with van der Waals surface area (Å²) in [6.07, 6.45) is 1.70. The van der Waals surface area contributed by atoms with Crippen LogP contribution in [-0.4, -0.2) is 12.7 Å².